The molecule has 0 aromatic carbocycles. The van der Waals surface area contributed by atoms with Crippen LogP contribution in [0.4, 0.5) is 13.2 Å². The maximum absolute atomic E-state index is 11.9. The lowest BCUT2D eigenvalue weighted by molar-refractivity contribution is -0.141. The minimum Gasteiger partial charge on any atom is -0.477 e. The number of halogens is 3. The summed E-state index contributed by atoms with van der Waals surface area (Å²) in [5.41, 5.74) is -1.94. The number of aromatic carboxylic acids is 1. The van der Waals surface area contributed by atoms with Gasteiger partial charge in [-0.3, -0.25) is 0 Å². The van der Waals surface area contributed by atoms with Gasteiger partial charge in [-0.1, -0.05) is 0 Å². The molecule has 70 valence electrons. The molecular weight excluding hydrogens is 189 g/mol. The predicted molar refractivity (Wildman–Crippen MR) is 34.0 cm³/mol. The van der Waals surface area contributed by atoms with E-state index in [0.717, 1.165) is 0 Å². The van der Waals surface area contributed by atoms with Crippen LogP contribution in [0, 0.1) is 0 Å². The third-order valence-electron chi connectivity index (χ3n) is 1.18. The van der Waals surface area contributed by atoms with Crippen LogP contribution in [0.2, 0.25) is 0 Å². The first-order valence-corrected chi connectivity index (χ1v) is 3.04. The van der Waals surface area contributed by atoms with Gasteiger partial charge < -0.3 is 5.11 Å². The van der Waals surface area contributed by atoms with E-state index in [2.05, 4.69) is 9.97 Å². The molecule has 0 fully saturated rings. The smallest absolute Gasteiger partial charge is 0.433 e. The quantitative estimate of drug-likeness (QED) is 0.725. The van der Waals surface area contributed by atoms with Gasteiger partial charge in [0.2, 0.25) is 0 Å². The molecule has 0 saturated carbocycles. The molecule has 1 aromatic rings. The van der Waals surface area contributed by atoms with Crippen molar-refractivity contribution in [3.63, 3.8) is 0 Å². The Morgan fingerprint density at radius 2 is 2.00 bits per heavy atom. The molecule has 0 bridgehead atoms. The highest BCUT2D eigenvalue weighted by molar-refractivity contribution is 5.85. The molecule has 1 aromatic heterocycles. The highest BCUT2D eigenvalue weighted by atomic mass is 19.4. The average Bonchev–Trinajstić information content (AvgIpc) is 2.03. The Morgan fingerprint density at radius 1 is 1.38 bits per heavy atom. The Kier molecular flexibility index (Phi) is 2.18. The van der Waals surface area contributed by atoms with Crippen LogP contribution in [-0.4, -0.2) is 21.0 Å². The lowest BCUT2D eigenvalue weighted by atomic mass is 10.3. The first-order valence-electron chi connectivity index (χ1n) is 3.04. The van der Waals surface area contributed by atoms with E-state index >= 15 is 0 Å². The van der Waals surface area contributed by atoms with Gasteiger partial charge in [0.15, 0.2) is 5.69 Å². The van der Waals surface area contributed by atoms with E-state index < -0.39 is 23.5 Å². The topological polar surface area (TPSA) is 63.1 Å². The molecule has 0 amide bonds. The second-order valence-corrected chi connectivity index (χ2v) is 2.09. The third-order valence-corrected chi connectivity index (χ3v) is 1.18. The number of carbonyl (C=O) groups is 1. The van der Waals surface area contributed by atoms with Crippen LogP contribution < -0.4 is 0 Å². The van der Waals surface area contributed by atoms with Crippen LogP contribution in [0.5, 0.6) is 0 Å². The molecule has 0 atom stereocenters. The Labute approximate surface area is 70.1 Å². The van der Waals surface area contributed by atoms with Crippen LogP contribution in [0.1, 0.15) is 16.2 Å². The zero-order chi connectivity index (χ0) is 10.1. The van der Waals surface area contributed by atoms with Gasteiger partial charge in [0.1, 0.15) is 12.0 Å². The number of rotatable bonds is 1. The SMILES string of the molecule is O=C(O)c1cc(C(F)(F)F)ncn1. The van der Waals surface area contributed by atoms with Crippen molar-refractivity contribution in [1.82, 2.24) is 9.97 Å². The third kappa shape index (κ3) is 2.14. The van der Waals surface area contributed by atoms with Crippen molar-refractivity contribution < 1.29 is 23.1 Å². The molecular formula is C6H3F3N2O2. The van der Waals surface area contributed by atoms with Crippen LogP contribution >= 0.6 is 0 Å². The van der Waals surface area contributed by atoms with E-state index in [0.29, 0.717) is 12.4 Å². The standard InChI is InChI=1S/C6H3F3N2O2/c7-6(8,9)4-1-3(5(12)13)10-2-11-4/h1-2H,(H,12,13). The minimum atomic E-state index is -4.65. The number of hydrogen-bond donors (Lipinski definition) is 1. The fourth-order valence-corrected chi connectivity index (χ4v) is 0.629. The van der Waals surface area contributed by atoms with Crippen molar-refractivity contribution in [2.75, 3.05) is 0 Å². The largest absolute Gasteiger partial charge is 0.477 e. The first-order chi connectivity index (χ1) is 5.91. The van der Waals surface area contributed by atoms with Crippen LogP contribution in [0.25, 0.3) is 0 Å². The molecule has 0 spiro atoms. The molecule has 0 saturated heterocycles. The number of alkyl halides is 3. The molecule has 0 radical (unpaired) electrons. The van der Waals surface area contributed by atoms with E-state index in [-0.39, 0.29) is 0 Å². The van der Waals surface area contributed by atoms with Crippen LogP contribution in [0.3, 0.4) is 0 Å². The fraction of sp³-hybridized carbons (Fsp3) is 0.167. The lowest BCUT2D eigenvalue weighted by Gasteiger charge is -2.04. The summed E-state index contributed by atoms with van der Waals surface area (Å²) in [5.74, 6) is -1.52. The normalized spacial score (nSPS) is 11.3. The van der Waals surface area contributed by atoms with Crippen molar-refractivity contribution in [3.05, 3.63) is 23.8 Å². The van der Waals surface area contributed by atoms with E-state index in [1.165, 1.54) is 0 Å². The first kappa shape index (κ1) is 9.43. The van der Waals surface area contributed by atoms with Gasteiger partial charge in [-0.15, -0.1) is 0 Å². The molecule has 1 N–H and O–H groups in total. The summed E-state index contributed by atoms with van der Waals surface area (Å²) in [5, 5.41) is 8.32. The number of carboxylic acid groups (broad SMARTS) is 1. The van der Waals surface area contributed by atoms with E-state index in [4.69, 9.17) is 5.11 Å². The minimum absolute atomic E-state index is 0.377. The van der Waals surface area contributed by atoms with Gasteiger partial charge in [0, 0.05) is 6.07 Å². The highest BCUT2D eigenvalue weighted by Gasteiger charge is 2.33. The molecule has 0 aliphatic heterocycles. The summed E-state index contributed by atoms with van der Waals surface area (Å²) < 4.78 is 35.8. The number of hydrogen-bond acceptors (Lipinski definition) is 3. The maximum Gasteiger partial charge on any atom is 0.433 e. The summed E-state index contributed by atoms with van der Waals surface area (Å²) >= 11 is 0. The summed E-state index contributed by atoms with van der Waals surface area (Å²) in [6, 6.07) is 0.377. The van der Waals surface area contributed by atoms with Gasteiger partial charge in [-0.05, 0) is 0 Å². The van der Waals surface area contributed by atoms with Crippen molar-refractivity contribution in [2.45, 2.75) is 6.18 Å². The van der Waals surface area contributed by atoms with Crippen LogP contribution in [-0.2, 0) is 6.18 Å². The van der Waals surface area contributed by atoms with Gasteiger partial charge >= 0.3 is 12.1 Å². The van der Waals surface area contributed by atoms with Gasteiger partial charge in [-0.2, -0.15) is 13.2 Å². The van der Waals surface area contributed by atoms with Crippen molar-refractivity contribution in [1.29, 1.82) is 0 Å². The van der Waals surface area contributed by atoms with E-state index in [1.807, 2.05) is 0 Å². The molecule has 0 aliphatic carbocycles. The van der Waals surface area contributed by atoms with Crippen LogP contribution in [0.15, 0.2) is 12.4 Å². The summed E-state index contributed by atoms with van der Waals surface area (Å²) in [6.07, 6.45) is -4.08. The molecule has 1 rings (SSSR count). The van der Waals surface area contributed by atoms with Crippen molar-refractivity contribution >= 4 is 5.97 Å². The van der Waals surface area contributed by atoms with Gasteiger partial charge in [0.05, 0.1) is 0 Å². The van der Waals surface area contributed by atoms with E-state index in [1.54, 1.807) is 0 Å². The molecule has 1 heterocycles. The Morgan fingerprint density at radius 3 is 2.46 bits per heavy atom. The van der Waals surface area contributed by atoms with Gasteiger partial charge in [0.25, 0.3) is 0 Å². The monoisotopic (exact) mass is 192 g/mol. The number of carboxylic acids is 1. The Bertz CT molecular complexity index is 337. The zero-order valence-electron chi connectivity index (χ0n) is 6.04. The highest BCUT2D eigenvalue weighted by Crippen LogP contribution is 2.27. The predicted octanol–water partition coefficient (Wildman–Crippen LogP) is 1.19. The van der Waals surface area contributed by atoms with Crippen molar-refractivity contribution in [3.8, 4) is 0 Å². The number of nitrogens with zero attached hydrogens (tertiary/aromatic N) is 2. The molecule has 7 heteroatoms. The van der Waals surface area contributed by atoms with E-state index in [9.17, 15) is 18.0 Å². The lowest BCUT2D eigenvalue weighted by Crippen LogP contribution is -2.11. The molecule has 0 unspecified atom stereocenters. The number of aromatic nitrogens is 2. The molecule has 13 heavy (non-hydrogen) atoms. The Balaban J connectivity index is 3.13. The second-order valence-electron chi connectivity index (χ2n) is 2.09. The zero-order valence-corrected chi connectivity index (χ0v) is 6.04. The molecule has 0 aliphatic rings. The summed E-state index contributed by atoms with van der Waals surface area (Å²) in [4.78, 5) is 16.3. The fourth-order valence-electron chi connectivity index (χ4n) is 0.629. The summed E-state index contributed by atoms with van der Waals surface area (Å²) in [6.45, 7) is 0. The molecule has 4 nitrogen and oxygen atoms in total. The summed E-state index contributed by atoms with van der Waals surface area (Å²) in [7, 11) is 0. The van der Waals surface area contributed by atoms with Gasteiger partial charge in [-0.25, -0.2) is 14.8 Å². The maximum atomic E-state index is 11.9. The average molecular weight is 192 g/mol. The van der Waals surface area contributed by atoms with Crippen molar-refractivity contribution in [2.24, 2.45) is 0 Å². The second kappa shape index (κ2) is 3.00. The Hall–Kier alpha value is -1.66.